The Morgan fingerprint density at radius 1 is 1.21 bits per heavy atom. The fourth-order valence-electron chi connectivity index (χ4n) is 4.76. The summed E-state index contributed by atoms with van der Waals surface area (Å²) in [5, 5.41) is 4.57. The van der Waals surface area contributed by atoms with E-state index in [1.54, 1.807) is 6.07 Å². The van der Waals surface area contributed by atoms with E-state index in [1.165, 1.54) is 0 Å². The summed E-state index contributed by atoms with van der Waals surface area (Å²) in [6.07, 6.45) is 5.05. The highest BCUT2D eigenvalue weighted by atomic mass is 32.2. The zero-order valence-electron chi connectivity index (χ0n) is 20.9. The predicted octanol–water partition coefficient (Wildman–Crippen LogP) is 4.64. The summed E-state index contributed by atoms with van der Waals surface area (Å²) in [6, 6.07) is 12.5. The molecule has 0 saturated carbocycles. The molecule has 0 aliphatic carbocycles. The van der Waals surface area contributed by atoms with Gasteiger partial charge in [-0.3, -0.25) is 4.72 Å². The maximum atomic E-state index is 11.6. The topological polar surface area (TPSA) is 93.4 Å². The molecule has 1 aliphatic heterocycles. The standard InChI is InChI=1S/C25H36N6O2S/c1-17-14-20(30(5)24-22(8-7-12-26-24)28-25(2,3)4)11-13-31(17)23-16-18-15-19(29-34(6,32)33)9-10-21(18)27-23/h7-10,12,15-17,20,27-29H,11,13-14H2,1-6H3. The van der Waals surface area contributed by atoms with Crippen LogP contribution in [0.5, 0.6) is 0 Å². The average molecular weight is 485 g/mol. The molecule has 8 nitrogen and oxygen atoms in total. The monoisotopic (exact) mass is 484 g/mol. The van der Waals surface area contributed by atoms with Crippen LogP contribution >= 0.6 is 0 Å². The van der Waals surface area contributed by atoms with Crippen molar-refractivity contribution in [1.29, 1.82) is 0 Å². The van der Waals surface area contributed by atoms with Crippen molar-refractivity contribution < 1.29 is 8.42 Å². The molecular formula is C25H36N6O2S. The quantitative estimate of drug-likeness (QED) is 0.472. The smallest absolute Gasteiger partial charge is 0.229 e. The lowest BCUT2D eigenvalue weighted by molar-refractivity contribution is 0.414. The molecule has 1 fully saturated rings. The van der Waals surface area contributed by atoms with Gasteiger partial charge >= 0.3 is 0 Å². The maximum Gasteiger partial charge on any atom is 0.229 e. The van der Waals surface area contributed by atoms with Gasteiger partial charge < -0.3 is 20.1 Å². The molecule has 3 heterocycles. The Labute approximate surface area is 202 Å². The van der Waals surface area contributed by atoms with Crippen molar-refractivity contribution in [3.63, 3.8) is 0 Å². The van der Waals surface area contributed by atoms with E-state index in [-0.39, 0.29) is 5.54 Å². The van der Waals surface area contributed by atoms with E-state index in [1.807, 2.05) is 24.4 Å². The molecule has 0 amide bonds. The highest BCUT2D eigenvalue weighted by molar-refractivity contribution is 7.92. The SMILES string of the molecule is CC1CC(N(C)c2ncccc2NC(C)(C)C)CCN1c1cc2cc(NS(C)(=O)=O)ccc2[nH]1. The molecule has 1 aromatic carbocycles. The number of hydrogen-bond donors (Lipinski definition) is 3. The number of anilines is 4. The van der Waals surface area contributed by atoms with Crippen LogP contribution in [0.3, 0.4) is 0 Å². The van der Waals surface area contributed by atoms with Crippen LogP contribution in [-0.2, 0) is 10.0 Å². The zero-order chi connectivity index (χ0) is 24.7. The van der Waals surface area contributed by atoms with Gasteiger partial charge in [0.05, 0.1) is 11.9 Å². The zero-order valence-corrected chi connectivity index (χ0v) is 21.7. The van der Waals surface area contributed by atoms with Crippen molar-refractivity contribution in [1.82, 2.24) is 9.97 Å². The van der Waals surface area contributed by atoms with Crippen LogP contribution in [-0.4, -0.2) is 55.9 Å². The summed E-state index contributed by atoms with van der Waals surface area (Å²) in [5.74, 6) is 2.05. The number of benzene rings is 1. The molecule has 34 heavy (non-hydrogen) atoms. The second kappa shape index (κ2) is 9.02. The van der Waals surface area contributed by atoms with Crippen LogP contribution in [0.15, 0.2) is 42.6 Å². The van der Waals surface area contributed by atoms with E-state index in [0.29, 0.717) is 17.8 Å². The summed E-state index contributed by atoms with van der Waals surface area (Å²) in [5.41, 5.74) is 2.58. The van der Waals surface area contributed by atoms with E-state index in [9.17, 15) is 8.42 Å². The van der Waals surface area contributed by atoms with Crippen LogP contribution in [0.1, 0.15) is 40.5 Å². The van der Waals surface area contributed by atoms with Crippen LogP contribution in [0.25, 0.3) is 10.9 Å². The van der Waals surface area contributed by atoms with Crippen molar-refractivity contribution in [3.8, 4) is 0 Å². The molecule has 2 atom stereocenters. The molecule has 184 valence electrons. The number of piperidine rings is 1. The van der Waals surface area contributed by atoms with Crippen molar-refractivity contribution in [2.75, 3.05) is 39.7 Å². The molecule has 9 heteroatoms. The van der Waals surface area contributed by atoms with Crippen molar-refractivity contribution in [2.45, 2.75) is 58.2 Å². The molecule has 0 radical (unpaired) electrons. The Morgan fingerprint density at radius 2 is 1.97 bits per heavy atom. The van der Waals surface area contributed by atoms with Gasteiger partial charge in [0.1, 0.15) is 5.82 Å². The van der Waals surface area contributed by atoms with Crippen LogP contribution in [0.2, 0.25) is 0 Å². The fraction of sp³-hybridized carbons (Fsp3) is 0.480. The van der Waals surface area contributed by atoms with Gasteiger partial charge in [0, 0.05) is 54.0 Å². The van der Waals surface area contributed by atoms with Crippen LogP contribution in [0.4, 0.5) is 23.0 Å². The second-order valence-corrected chi connectivity index (χ2v) is 12.2. The number of aromatic amines is 1. The predicted molar refractivity (Wildman–Crippen MR) is 143 cm³/mol. The number of pyridine rings is 1. The average Bonchev–Trinajstić information content (AvgIpc) is 3.14. The lowest BCUT2D eigenvalue weighted by Gasteiger charge is -2.42. The van der Waals surface area contributed by atoms with Gasteiger partial charge in [-0.15, -0.1) is 0 Å². The van der Waals surface area contributed by atoms with Gasteiger partial charge in [-0.05, 0) is 76.9 Å². The largest absolute Gasteiger partial charge is 0.377 e. The van der Waals surface area contributed by atoms with E-state index in [0.717, 1.165) is 53.9 Å². The first kappa shape index (κ1) is 24.2. The molecule has 3 N–H and O–H groups in total. The van der Waals surface area contributed by atoms with Gasteiger partial charge in [0.15, 0.2) is 5.82 Å². The Bertz CT molecular complexity index is 1260. The minimum atomic E-state index is -3.30. The lowest BCUT2D eigenvalue weighted by Crippen LogP contribution is -2.48. The minimum absolute atomic E-state index is 0.0401. The van der Waals surface area contributed by atoms with E-state index in [2.05, 4.69) is 71.7 Å². The first-order chi connectivity index (χ1) is 15.9. The van der Waals surface area contributed by atoms with Gasteiger partial charge in [0.2, 0.25) is 10.0 Å². The van der Waals surface area contributed by atoms with Gasteiger partial charge in [0.25, 0.3) is 0 Å². The van der Waals surface area contributed by atoms with E-state index < -0.39 is 10.0 Å². The lowest BCUT2D eigenvalue weighted by atomic mass is 9.97. The molecule has 2 aromatic heterocycles. The Hall–Kier alpha value is -2.94. The Kier molecular flexibility index (Phi) is 6.42. The number of nitrogens with one attached hydrogen (secondary N) is 3. The first-order valence-corrected chi connectivity index (χ1v) is 13.6. The molecule has 0 spiro atoms. The second-order valence-electron chi connectivity index (χ2n) is 10.4. The number of aromatic nitrogens is 2. The van der Waals surface area contributed by atoms with Gasteiger partial charge in [-0.25, -0.2) is 13.4 Å². The molecule has 1 saturated heterocycles. The summed E-state index contributed by atoms with van der Waals surface area (Å²) in [6.45, 7) is 9.65. The summed E-state index contributed by atoms with van der Waals surface area (Å²) < 4.78 is 25.7. The summed E-state index contributed by atoms with van der Waals surface area (Å²) in [7, 11) is -1.16. The number of sulfonamides is 1. The number of rotatable bonds is 6. The molecule has 1 aliphatic rings. The molecule has 3 aromatic rings. The third-order valence-electron chi connectivity index (χ3n) is 6.25. The Balaban J connectivity index is 1.49. The normalized spacial score (nSPS) is 19.3. The highest BCUT2D eigenvalue weighted by Gasteiger charge is 2.30. The molecule has 2 unspecified atom stereocenters. The van der Waals surface area contributed by atoms with Crippen LogP contribution < -0.4 is 19.8 Å². The molecular weight excluding hydrogens is 448 g/mol. The van der Waals surface area contributed by atoms with Crippen molar-refractivity contribution in [3.05, 3.63) is 42.6 Å². The fourth-order valence-corrected chi connectivity index (χ4v) is 5.31. The van der Waals surface area contributed by atoms with Crippen LogP contribution in [0, 0.1) is 0 Å². The number of H-pyrrole nitrogens is 1. The van der Waals surface area contributed by atoms with Crippen molar-refractivity contribution in [2.24, 2.45) is 0 Å². The summed E-state index contributed by atoms with van der Waals surface area (Å²) >= 11 is 0. The number of hydrogen-bond acceptors (Lipinski definition) is 6. The molecule has 4 rings (SSSR count). The third kappa shape index (κ3) is 5.58. The molecule has 0 bridgehead atoms. The maximum absolute atomic E-state index is 11.6. The minimum Gasteiger partial charge on any atom is -0.377 e. The Morgan fingerprint density at radius 3 is 2.65 bits per heavy atom. The third-order valence-corrected chi connectivity index (χ3v) is 6.85. The number of fused-ring (bicyclic) bond motifs is 1. The van der Waals surface area contributed by atoms with E-state index >= 15 is 0 Å². The first-order valence-electron chi connectivity index (χ1n) is 11.7. The highest BCUT2D eigenvalue weighted by Crippen LogP contribution is 2.33. The van der Waals surface area contributed by atoms with Gasteiger partial charge in [-0.2, -0.15) is 0 Å². The van der Waals surface area contributed by atoms with E-state index in [4.69, 9.17) is 4.98 Å². The summed E-state index contributed by atoms with van der Waals surface area (Å²) in [4.78, 5) is 12.9. The van der Waals surface area contributed by atoms with Gasteiger partial charge in [-0.1, -0.05) is 0 Å². The van der Waals surface area contributed by atoms with Crippen molar-refractivity contribution >= 4 is 43.9 Å². The number of nitrogens with zero attached hydrogens (tertiary/aromatic N) is 3.